The van der Waals surface area contributed by atoms with Gasteiger partial charge in [0.1, 0.15) is 0 Å². The summed E-state index contributed by atoms with van der Waals surface area (Å²) >= 11 is 5.49. The van der Waals surface area contributed by atoms with Crippen LogP contribution in [0.15, 0.2) is 41.2 Å². The first-order chi connectivity index (χ1) is 13.0. The molecule has 0 spiro atoms. The number of aliphatic imine (C=N–C) groups is 1. The SMILES string of the molecule is Cc1cccc(CN2C(=O)CNC2CCN(C)C(=S)NC2=CN=CCC2)c1. The van der Waals surface area contributed by atoms with E-state index in [4.69, 9.17) is 12.2 Å². The van der Waals surface area contributed by atoms with Crippen LogP contribution in [0.1, 0.15) is 30.4 Å². The van der Waals surface area contributed by atoms with Gasteiger partial charge in [-0.3, -0.25) is 15.1 Å². The third-order valence-electron chi connectivity index (χ3n) is 4.85. The number of hydrogen-bond acceptors (Lipinski definition) is 4. The largest absolute Gasteiger partial charge is 0.352 e. The quantitative estimate of drug-likeness (QED) is 0.735. The Morgan fingerprint density at radius 1 is 1.48 bits per heavy atom. The van der Waals surface area contributed by atoms with Crippen LogP contribution in [0.4, 0.5) is 0 Å². The summed E-state index contributed by atoms with van der Waals surface area (Å²) < 4.78 is 0. The van der Waals surface area contributed by atoms with E-state index in [9.17, 15) is 4.79 Å². The summed E-state index contributed by atoms with van der Waals surface area (Å²) in [4.78, 5) is 20.4. The number of carbonyl (C=O) groups excluding carboxylic acids is 1. The number of amides is 1. The lowest BCUT2D eigenvalue weighted by molar-refractivity contribution is -0.128. The van der Waals surface area contributed by atoms with Crippen molar-refractivity contribution in [2.75, 3.05) is 20.1 Å². The molecule has 1 saturated heterocycles. The van der Waals surface area contributed by atoms with Crippen molar-refractivity contribution < 1.29 is 4.79 Å². The second-order valence-electron chi connectivity index (χ2n) is 7.07. The molecule has 3 rings (SSSR count). The molecule has 2 aliphatic rings. The molecule has 7 heteroatoms. The van der Waals surface area contributed by atoms with Crippen molar-refractivity contribution in [1.29, 1.82) is 0 Å². The lowest BCUT2D eigenvalue weighted by Crippen LogP contribution is -2.42. The van der Waals surface area contributed by atoms with Gasteiger partial charge in [0.2, 0.25) is 5.91 Å². The van der Waals surface area contributed by atoms with Crippen LogP contribution in [0.3, 0.4) is 0 Å². The lowest BCUT2D eigenvalue weighted by atomic mass is 10.1. The van der Waals surface area contributed by atoms with Crippen LogP contribution < -0.4 is 10.6 Å². The highest BCUT2D eigenvalue weighted by molar-refractivity contribution is 7.80. The Kier molecular flexibility index (Phi) is 6.58. The molecule has 1 fully saturated rings. The van der Waals surface area contributed by atoms with Gasteiger partial charge in [-0.1, -0.05) is 29.8 Å². The Bertz CT molecular complexity index is 760. The van der Waals surface area contributed by atoms with Crippen LogP contribution in [-0.2, 0) is 11.3 Å². The van der Waals surface area contributed by atoms with Crippen molar-refractivity contribution in [3.8, 4) is 0 Å². The first kappa shape index (κ1) is 19.5. The van der Waals surface area contributed by atoms with E-state index in [2.05, 4.69) is 40.7 Å². The zero-order valence-electron chi connectivity index (χ0n) is 15.9. The van der Waals surface area contributed by atoms with Crippen molar-refractivity contribution in [1.82, 2.24) is 20.4 Å². The van der Waals surface area contributed by atoms with Crippen LogP contribution in [0.5, 0.6) is 0 Å². The van der Waals surface area contributed by atoms with Gasteiger partial charge >= 0.3 is 0 Å². The smallest absolute Gasteiger partial charge is 0.238 e. The normalized spacial score (nSPS) is 19.2. The highest BCUT2D eigenvalue weighted by atomic mass is 32.1. The van der Waals surface area contributed by atoms with E-state index >= 15 is 0 Å². The molecule has 1 amide bonds. The lowest BCUT2D eigenvalue weighted by Gasteiger charge is -2.28. The predicted octanol–water partition coefficient (Wildman–Crippen LogP) is 2.16. The summed E-state index contributed by atoms with van der Waals surface area (Å²) in [5.74, 6) is 0.148. The van der Waals surface area contributed by atoms with E-state index < -0.39 is 0 Å². The molecule has 1 aromatic rings. The van der Waals surface area contributed by atoms with Gasteiger partial charge in [-0.05, 0) is 44.0 Å². The average molecular weight is 386 g/mol. The molecular formula is C20H27N5OS. The van der Waals surface area contributed by atoms with Crippen LogP contribution in [0.2, 0.25) is 0 Å². The predicted molar refractivity (Wildman–Crippen MR) is 112 cm³/mol. The summed E-state index contributed by atoms with van der Waals surface area (Å²) in [5.41, 5.74) is 3.41. The molecule has 2 heterocycles. The van der Waals surface area contributed by atoms with Crippen molar-refractivity contribution in [3.63, 3.8) is 0 Å². The molecule has 2 aliphatic heterocycles. The monoisotopic (exact) mass is 385 g/mol. The second kappa shape index (κ2) is 9.10. The van der Waals surface area contributed by atoms with E-state index in [1.165, 1.54) is 5.56 Å². The van der Waals surface area contributed by atoms with Gasteiger partial charge in [-0.15, -0.1) is 0 Å². The van der Waals surface area contributed by atoms with Crippen LogP contribution in [0.25, 0.3) is 0 Å². The third kappa shape index (κ3) is 5.37. The van der Waals surface area contributed by atoms with Crippen molar-refractivity contribution in [2.24, 2.45) is 4.99 Å². The van der Waals surface area contributed by atoms with Crippen molar-refractivity contribution in [2.45, 2.75) is 38.9 Å². The number of thiocarbonyl (C=S) groups is 1. The fourth-order valence-corrected chi connectivity index (χ4v) is 3.52. The summed E-state index contributed by atoms with van der Waals surface area (Å²) in [6.45, 7) is 3.86. The molecule has 144 valence electrons. The number of nitrogens with zero attached hydrogens (tertiary/aromatic N) is 3. The number of hydrogen-bond donors (Lipinski definition) is 2. The number of aryl methyl sites for hydroxylation is 1. The van der Waals surface area contributed by atoms with E-state index in [1.807, 2.05) is 35.3 Å². The molecule has 0 saturated carbocycles. The molecule has 6 nitrogen and oxygen atoms in total. The average Bonchev–Trinajstić information content (AvgIpc) is 3.00. The summed E-state index contributed by atoms with van der Waals surface area (Å²) in [6, 6.07) is 8.31. The summed E-state index contributed by atoms with van der Waals surface area (Å²) in [6.07, 6.45) is 6.44. The molecule has 0 aromatic heterocycles. The minimum Gasteiger partial charge on any atom is -0.352 e. The molecule has 0 radical (unpaired) electrons. The van der Waals surface area contributed by atoms with Gasteiger partial charge in [-0.25, -0.2) is 0 Å². The number of carbonyl (C=O) groups is 1. The second-order valence-corrected chi connectivity index (χ2v) is 7.46. The first-order valence-electron chi connectivity index (χ1n) is 9.34. The fraction of sp³-hybridized carbons (Fsp3) is 0.450. The number of allylic oxidation sites excluding steroid dienone is 1. The molecule has 1 atom stereocenters. The van der Waals surface area contributed by atoms with E-state index in [0.717, 1.165) is 37.1 Å². The summed E-state index contributed by atoms with van der Waals surface area (Å²) in [7, 11) is 1.98. The van der Waals surface area contributed by atoms with Gasteiger partial charge in [0.25, 0.3) is 0 Å². The standard InChI is InChI=1S/C20H27N5OS/c1-15-5-3-6-16(11-15)14-25-18(22-13-19(25)26)8-10-24(2)20(27)23-17-7-4-9-21-12-17/h3,5-6,9,11-12,18,22H,4,7-8,10,13-14H2,1-2H3,(H,23,27). The maximum atomic E-state index is 12.3. The highest BCUT2D eigenvalue weighted by Gasteiger charge is 2.30. The zero-order valence-corrected chi connectivity index (χ0v) is 16.8. The zero-order chi connectivity index (χ0) is 19.2. The molecule has 1 unspecified atom stereocenters. The Hall–Kier alpha value is -2.25. The maximum Gasteiger partial charge on any atom is 0.238 e. The van der Waals surface area contributed by atoms with Gasteiger partial charge in [0.05, 0.1) is 12.7 Å². The third-order valence-corrected chi connectivity index (χ3v) is 5.27. The van der Waals surface area contributed by atoms with Gasteiger partial charge in [-0.2, -0.15) is 0 Å². The highest BCUT2D eigenvalue weighted by Crippen LogP contribution is 2.15. The Balaban J connectivity index is 1.52. The van der Waals surface area contributed by atoms with Gasteiger partial charge in [0.15, 0.2) is 5.11 Å². The van der Waals surface area contributed by atoms with Gasteiger partial charge in [0, 0.05) is 38.2 Å². The number of rotatable bonds is 6. The number of benzene rings is 1. The van der Waals surface area contributed by atoms with Crippen LogP contribution in [0, 0.1) is 6.92 Å². The van der Waals surface area contributed by atoms with Gasteiger partial charge < -0.3 is 15.1 Å². The van der Waals surface area contributed by atoms with E-state index in [-0.39, 0.29) is 12.1 Å². The minimum absolute atomic E-state index is 0.0294. The molecule has 0 bridgehead atoms. The molecule has 2 N–H and O–H groups in total. The molecular weight excluding hydrogens is 358 g/mol. The Morgan fingerprint density at radius 2 is 2.33 bits per heavy atom. The molecule has 0 aliphatic carbocycles. The Labute approximate surface area is 166 Å². The van der Waals surface area contributed by atoms with E-state index in [1.54, 1.807) is 0 Å². The topological polar surface area (TPSA) is 60.0 Å². The molecule has 1 aromatic carbocycles. The Morgan fingerprint density at radius 3 is 3.07 bits per heavy atom. The fourth-order valence-electron chi connectivity index (χ4n) is 3.30. The summed E-state index contributed by atoms with van der Waals surface area (Å²) in [5, 5.41) is 7.27. The van der Waals surface area contributed by atoms with Crippen LogP contribution >= 0.6 is 12.2 Å². The van der Waals surface area contributed by atoms with E-state index in [0.29, 0.717) is 18.2 Å². The van der Waals surface area contributed by atoms with Crippen molar-refractivity contribution >= 4 is 29.5 Å². The first-order valence-corrected chi connectivity index (χ1v) is 9.75. The minimum atomic E-state index is 0.0294. The maximum absolute atomic E-state index is 12.3. The number of nitrogens with one attached hydrogen (secondary N) is 2. The van der Waals surface area contributed by atoms with Crippen molar-refractivity contribution in [3.05, 3.63) is 47.3 Å². The van der Waals surface area contributed by atoms with Crippen LogP contribution in [-0.4, -0.2) is 53.3 Å². The molecule has 27 heavy (non-hydrogen) atoms.